The number of hydrogen-bond acceptors (Lipinski definition) is 5. The lowest BCUT2D eigenvalue weighted by molar-refractivity contribution is -0.138. The minimum Gasteiger partial charge on any atom is -0.481 e. The van der Waals surface area contributed by atoms with E-state index in [0.29, 0.717) is 39.6 Å². The van der Waals surface area contributed by atoms with Crippen LogP contribution in [-0.4, -0.2) is 63.9 Å². The molecule has 0 heterocycles. The van der Waals surface area contributed by atoms with Gasteiger partial charge in [0.05, 0.1) is 52.7 Å². The largest absolute Gasteiger partial charge is 0.481 e. The van der Waals surface area contributed by atoms with E-state index in [1.54, 1.807) is 0 Å². The molecule has 0 aliphatic heterocycles. The maximum Gasteiger partial charge on any atom is 0.305 e. The molecule has 0 bridgehead atoms. The van der Waals surface area contributed by atoms with Crippen LogP contribution in [0.5, 0.6) is 0 Å². The highest BCUT2D eigenvalue weighted by Gasteiger charge is 1.97. The van der Waals surface area contributed by atoms with Gasteiger partial charge in [0.2, 0.25) is 0 Å². The fourth-order valence-corrected chi connectivity index (χ4v) is 2.61. The second-order valence-electron chi connectivity index (χ2n) is 6.78. The average Bonchev–Trinajstić information content (AvgIpc) is 2.65. The van der Waals surface area contributed by atoms with Gasteiger partial charge in [-0.15, -0.1) is 0 Å². The Morgan fingerprint density at radius 2 is 0.926 bits per heavy atom. The monoisotopic (exact) mass is 390 g/mol. The Morgan fingerprint density at radius 1 is 0.556 bits per heavy atom. The van der Waals surface area contributed by atoms with Crippen LogP contribution in [0, 0.1) is 0 Å². The molecule has 6 heteroatoms. The van der Waals surface area contributed by atoms with Gasteiger partial charge in [-0.1, -0.05) is 64.7 Å². The van der Waals surface area contributed by atoms with Crippen LogP contribution in [0.2, 0.25) is 0 Å². The summed E-state index contributed by atoms with van der Waals surface area (Å²) >= 11 is 0. The number of carbonyl (C=O) groups is 1. The fraction of sp³-hybridized carbons (Fsp3) is 0.952. The molecule has 0 saturated heterocycles. The molecule has 162 valence electrons. The Hall–Kier alpha value is -0.690. The Morgan fingerprint density at radius 3 is 1.37 bits per heavy atom. The quantitative estimate of drug-likeness (QED) is 0.260. The van der Waals surface area contributed by atoms with E-state index >= 15 is 0 Å². The number of unbranched alkanes of at least 4 members (excludes halogenated alkanes) is 9. The molecule has 0 aliphatic rings. The third-order valence-electron chi connectivity index (χ3n) is 4.22. The lowest BCUT2D eigenvalue weighted by Crippen LogP contribution is -2.12. The van der Waals surface area contributed by atoms with Gasteiger partial charge < -0.3 is 24.1 Å². The van der Waals surface area contributed by atoms with Crippen LogP contribution >= 0.6 is 0 Å². The predicted molar refractivity (Wildman–Crippen MR) is 107 cm³/mol. The Balaban J connectivity index is 2.98. The predicted octanol–water partition coefficient (Wildman–Crippen LogP) is 4.45. The van der Waals surface area contributed by atoms with Gasteiger partial charge in [-0.2, -0.15) is 0 Å². The van der Waals surface area contributed by atoms with E-state index in [1.807, 2.05) is 0 Å². The van der Waals surface area contributed by atoms with Crippen molar-refractivity contribution in [2.24, 2.45) is 0 Å². The van der Waals surface area contributed by atoms with Crippen LogP contribution < -0.4 is 0 Å². The first kappa shape index (κ1) is 26.3. The molecular formula is C21H42O6. The normalized spacial score (nSPS) is 11.1. The average molecular weight is 391 g/mol. The third kappa shape index (κ3) is 25.3. The van der Waals surface area contributed by atoms with Crippen molar-refractivity contribution in [2.45, 2.75) is 77.6 Å². The van der Waals surface area contributed by atoms with E-state index in [2.05, 4.69) is 6.92 Å². The maximum atomic E-state index is 10.3. The SMILES string of the molecule is CCCCCCCCCCCCOCCOCCOCCOCCC(=O)O. The molecule has 27 heavy (non-hydrogen) atoms. The van der Waals surface area contributed by atoms with Crippen LogP contribution in [0.1, 0.15) is 77.6 Å². The summed E-state index contributed by atoms with van der Waals surface area (Å²) in [4.78, 5) is 10.3. The van der Waals surface area contributed by atoms with Crippen LogP contribution in [0.25, 0.3) is 0 Å². The first-order valence-corrected chi connectivity index (χ1v) is 10.8. The number of hydrogen-bond donors (Lipinski definition) is 1. The summed E-state index contributed by atoms with van der Waals surface area (Å²) in [5.74, 6) is -0.847. The summed E-state index contributed by atoms with van der Waals surface area (Å²) in [7, 11) is 0. The topological polar surface area (TPSA) is 74.2 Å². The molecule has 0 rings (SSSR count). The second-order valence-corrected chi connectivity index (χ2v) is 6.78. The lowest BCUT2D eigenvalue weighted by Gasteiger charge is -2.07. The van der Waals surface area contributed by atoms with Crippen molar-refractivity contribution in [3.63, 3.8) is 0 Å². The minimum atomic E-state index is -0.847. The van der Waals surface area contributed by atoms with Gasteiger partial charge in [-0.05, 0) is 6.42 Å². The van der Waals surface area contributed by atoms with Gasteiger partial charge in [0.15, 0.2) is 0 Å². The highest BCUT2D eigenvalue weighted by Crippen LogP contribution is 2.10. The molecule has 1 N–H and O–H groups in total. The van der Waals surface area contributed by atoms with Gasteiger partial charge in [-0.3, -0.25) is 4.79 Å². The first-order valence-electron chi connectivity index (χ1n) is 10.8. The first-order chi connectivity index (χ1) is 13.3. The Labute approximate surface area is 165 Å². The zero-order valence-electron chi connectivity index (χ0n) is 17.4. The molecule has 0 aromatic heterocycles. The van der Waals surface area contributed by atoms with E-state index < -0.39 is 5.97 Å². The molecule has 0 spiro atoms. The number of rotatable bonds is 23. The van der Waals surface area contributed by atoms with Gasteiger partial charge in [-0.25, -0.2) is 0 Å². The summed E-state index contributed by atoms with van der Waals surface area (Å²) in [5.41, 5.74) is 0. The smallest absolute Gasteiger partial charge is 0.305 e. The van der Waals surface area contributed by atoms with E-state index in [-0.39, 0.29) is 13.0 Å². The number of ether oxygens (including phenoxy) is 4. The zero-order valence-corrected chi connectivity index (χ0v) is 17.4. The highest BCUT2D eigenvalue weighted by molar-refractivity contribution is 5.66. The minimum absolute atomic E-state index is 0.0300. The second kappa shape index (κ2) is 23.3. The van der Waals surface area contributed by atoms with Gasteiger partial charge in [0.1, 0.15) is 0 Å². The van der Waals surface area contributed by atoms with Gasteiger partial charge >= 0.3 is 5.97 Å². The summed E-state index contributed by atoms with van der Waals surface area (Å²) in [6, 6.07) is 0. The van der Waals surface area contributed by atoms with Crippen LogP contribution in [0.15, 0.2) is 0 Å². The molecule has 0 unspecified atom stereocenters. The van der Waals surface area contributed by atoms with Crippen molar-refractivity contribution in [3.8, 4) is 0 Å². The molecule has 0 fully saturated rings. The molecule has 0 aromatic rings. The van der Waals surface area contributed by atoms with Crippen molar-refractivity contribution < 1.29 is 28.8 Å². The summed E-state index contributed by atoms with van der Waals surface area (Å²) in [6.07, 6.45) is 13.4. The van der Waals surface area contributed by atoms with Crippen molar-refractivity contribution >= 4 is 5.97 Å². The maximum absolute atomic E-state index is 10.3. The molecule has 6 nitrogen and oxygen atoms in total. The fourth-order valence-electron chi connectivity index (χ4n) is 2.61. The summed E-state index contributed by atoms with van der Waals surface area (Å²) in [6.45, 7) is 6.46. The van der Waals surface area contributed by atoms with Crippen molar-refractivity contribution in [1.29, 1.82) is 0 Å². The van der Waals surface area contributed by atoms with Crippen molar-refractivity contribution in [1.82, 2.24) is 0 Å². The number of carboxylic acid groups (broad SMARTS) is 1. The van der Waals surface area contributed by atoms with Gasteiger partial charge in [0, 0.05) is 6.61 Å². The molecule has 0 atom stereocenters. The van der Waals surface area contributed by atoms with Crippen LogP contribution in [0.3, 0.4) is 0 Å². The Kier molecular flexibility index (Phi) is 22.8. The molecule has 0 saturated carbocycles. The third-order valence-corrected chi connectivity index (χ3v) is 4.22. The van der Waals surface area contributed by atoms with E-state index in [0.717, 1.165) is 13.0 Å². The van der Waals surface area contributed by atoms with Gasteiger partial charge in [0.25, 0.3) is 0 Å². The number of aliphatic carboxylic acids is 1. The molecule has 0 aliphatic carbocycles. The standard InChI is InChI=1S/C21H42O6/c1-2-3-4-5-6-7-8-9-10-11-13-24-15-17-26-19-20-27-18-16-25-14-12-21(22)23/h2-20H2,1H3,(H,22,23). The molecule has 0 aromatic carbocycles. The van der Waals surface area contributed by atoms with E-state index in [1.165, 1.54) is 57.8 Å². The Bertz CT molecular complexity index is 298. The zero-order chi connectivity index (χ0) is 19.8. The molecular weight excluding hydrogens is 348 g/mol. The van der Waals surface area contributed by atoms with Crippen LogP contribution in [0.4, 0.5) is 0 Å². The van der Waals surface area contributed by atoms with Crippen LogP contribution in [-0.2, 0) is 23.7 Å². The molecule has 0 radical (unpaired) electrons. The lowest BCUT2D eigenvalue weighted by atomic mass is 10.1. The van der Waals surface area contributed by atoms with E-state index in [4.69, 9.17) is 24.1 Å². The summed E-state index contributed by atoms with van der Waals surface area (Å²) < 4.78 is 21.4. The molecule has 0 amide bonds. The van der Waals surface area contributed by atoms with E-state index in [9.17, 15) is 4.79 Å². The summed E-state index contributed by atoms with van der Waals surface area (Å²) in [5, 5.41) is 8.44. The number of carboxylic acids is 1. The van der Waals surface area contributed by atoms with Crippen molar-refractivity contribution in [3.05, 3.63) is 0 Å². The highest BCUT2D eigenvalue weighted by atomic mass is 16.6. The van der Waals surface area contributed by atoms with Crippen molar-refractivity contribution in [2.75, 3.05) is 52.9 Å².